The number of pyridine rings is 1. The number of oxazole rings is 1. The Hall–Kier alpha value is -3.59. The van der Waals surface area contributed by atoms with E-state index in [-0.39, 0.29) is 29.9 Å². The number of hydrogen-bond acceptors (Lipinski definition) is 5. The maximum Gasteiger partial charge on any atom is 0.256 e. The molecule has 3 heterocycles. The molecule has 4 aromatic rings. The molecule has 30 heavy (non-hydrogen) atoms. The highest BCUT2D eigenvalue weighted by Crippen LogP contribution is 2.34. The normalized spacial score (nSPS) is 16.0. The Morgan fingerprint density at radius 2 is 1.97 bits per heavy atom. The molecule has 5 rings (SSSR count). The summed E-state index contributed by atoms with van der Waals surface area (Å²) >= 11 is 0. The summed E-state index contributed by atoms with van der Waals surface area (Å²) < 4.78 is 38.5. The highest BCUT2D eigenvalue weighted by Gasteiger charge is 2.31. The Kier molecular flexibility index (Phi) is 4.14. The average molecular weight is 411 g/mol. The van der Waals surface area contributed by atoms with E-state index in [0.29, 0.717) is 27.9 Å². The molecule has 0 radical (unpaired) electrons. The Morgan fingerprint density at radius 1 is 1.20 bits per heavy atom. The minimum atomic E-state index is -1.11. The van der Waals surface area contributed by atoms with Crippen molar-refractivity contribution in [3.05, 3.63) is 75.5 Å². The zero-order valence-corrected chi connectivity index (χ0v) is 15.7. The topological polar surface area (TPSA) is 88.4 Å². The van der Waals surface area contributed by atoms with Crippen LogP contribution < -0.4 is 5.56 Å². The Bertz CT molecular complexity index is 1380. The van der Waals surface area contributed by atoms with Crippen LogP contribution in [-0.4, -0.2) is 34.4 Å². The molecular formula is C21H15F2N3O4. The van der Waals surface area contributed by atoms with Crippen LogP contribution in [0.15, 0.2) is 45.9 Å². The number of likely N-dealkylation sites (N-methyl/N-ethyl adjacent to an activating group) is 1. The Labute approximate surface area is 167 Å². The second-order valence-electron chi connectivity index (χ2n) is 7.14. The van der Waals surface area contributed by atoms with Gasteiger partial charge in [0.05, 0.1) is 24.6 Å². The van der Waals surface area contributed by atoms with E-state index in [1.54, 1.807) is 25.2 Å². The Balaban J connectivity index is 1.62. The molecule has 1 amide bonds. The molecule has 0 fully saturated rings. The van der Waals surface area contributed by atoms with E-state index in [0.717, 1.165) is 12.1 Å². The van der Waals surface area contributed by atoms with E-state index in [9.17, 15) is 18.4 Å². The number of H-pyrrole nitrogens is 1. The summed E-state index contributed by atoms with van der Waals surface area (Å²) in [5, 5.41) is 0.275. The molecule has 2 aromatic carbocycles. The number of amides is 1. The van der Waals surface area contributed by atoms with Gasteiger partial charge in [0.15, 0.2) is 23.6 Å². The molecule has 1 aliphatic heterocycles. The number of hydrogen-bond donors (Lipinski definition) is 1. The van der Waals surface area contributed by atoms with E-state index in [4.69, 9.17) is 9.15 Å². The highest BCUT2D eigenvalue weighted by atomic mass is 19.2. The molecule has 1 atom stereocenters. The van der Waals surface area contributed by atoms with Crippen LogP contribution in [0.5, 0.6) is 0 Å². The van der Waals surface area contributed by atoms with Gasteiger partial charge in [-0.15, -0.1) is 0 Å². The van der Waals surface area contributed by atoms with Crippen LogP contribution >= 0.6 is 0 Å². The lowest BCUT2D eigenvalue weighted by molar-refractivity contribution is 0.0336. The van der Waals surface area contributed by atoms with E-state index < -0.39 is 23.2 Å². The second kappa shape index (κ2) is 6.74. The quantitative estimate of drug-likeness (QED) is 0.547. The highest BCUT2D eigenvalue weighted by molar-refractivity contribution is 5.97. The lowest BCUT2D eigenvalue weighted by Gasteiger charge is -2.33. The maximum absolute atomic E-state index is 14.0. The Morgan fingerprint density at radius 3 is 2.77 bits per heavy atom. The number of aromatic nitrogens is 2. The minimum absolute atomic E-state index is 0.0180. The van der Waals surface area contributed by atoms with Crippen molar-refractivity contribution in [2.75, 3.05) is 13.7 Å². The lowest BCUT2D eigenvalue weighted by Crippen LogP contribution is -2.37. The van der Waals surface area contributed by atoms with Gasteiger partial charge in [-0.1, -0.05) is 0 Å². The number of aromatic amines is 1. The van der Waals surface area contributed by atoms with Crippen molar-refractivity contribution in [2.24, 2.45) is 0 Å². The summed E-state index contributed by atoms with van der Waals surface area (Å²) in [6.07, 6.45) is 1.30. The van der Waals surface area contributed by atoms with Crippen LogP contribution in [0.3, 0.4) is 0 Å². The van der Waals surface area contributed by atoms with Gasteiger partial charge in [0.1, 0.15) is 5.52 Å². The van der Waals surface area contributed by atoms with Crippen molar-refractivity contribution >= 4 is 27.8 Å². The van der Waals surface area contributed by atoms with Crippen molar-refractivity contribution in [3.63, 3.8) is 0 Å². The van der Waals surface area contributed by atoms with Crippen LogP contribution in [0.2, 0.25) is 0 Å². The number of halogens is 2. The van der Waals surface area contributed by atoms with Crippen LogP contribution in [0.4, 0.5) is 8.78 Å². The summed E-state index contributed by atoms with van der Waals surface area (Å²) in [6.45, 7) is 0.241. The second-order valence-corrected chi connectivity index (χ2v) is 7.14. The number of rotatable bonds is 2. The fourth-order valence-electron chi connectivity index (χ4n) is 3.88. The van der Waals surface area contributed by atoms with Gasteiger partial charge in [-0.3, -0.25) is 9.59 Å². The molecule has 0 saturated heterocycles. The third kappa shape index (κ3) is 2.78. The molecule has 0 spiro atoms. The van der Waals surface area contributed by atoms with Crippen molar-refractivity contribution in [2.45, 2.75) is 12.6 Å². The van der Waals surface area contributed by atoms with Gasteiger partial charge in [0, 0.05) is 23.9 Å². The van der Waals surface area contributed by atoms with Crippen LogP contribution in [-0.2, 0) is 11.3 Å². The molecule has 0 saturated carbocycles. The lowest BCUT2D eigenvalue weighted by atomic mass is 9.95. The molecular weight excluding hydrogens is 396 g/mol. The molecule has 2 aromatic heterocycles. The zero-order chi connectivity index (χ0) is 21.0. The first-order chi connectivity index (χ1) is 14.4. The summed E-state index contributed by atoms with van der Waals surface area (Å²) in [4.78, 5) is 33.7. The van der Waals surface area contributed by atoms with Gasteiger partial charge in [0.2, 0.25) is 0 Å². The van der Waals surface area contributed by atoms with Gasteiger partial charge in [0.25, 0.3) is 11.5 Å². The summed E-state index contributed by atoms with van der Waals surface area (Å²) in [6, 6.07) is 6.14. The van der Waals surface area contributed by atoms with Crippen molar-refractivity contribution in [3.8, 4) is 0 Å². The fourth-order valence-corrected chi connectivity index (χ4v) is 3.88. The number of nitrogens with one attached hydrogen (secondary N) is 1. The summed E-state index contributed by atoms with van der Waals surface area (Å²) in [5.41, 5.74) is 1.91. The van der Waals surface area contributed by atoms with Crippen LogP contribution in [0, 0.1) is 11.6 Å². The molecule has 1 N–H and O–H groups in total. The number of nitrogens with zero attached hydrogens (tertiary/aromatic N) is 2. The maximum atomic E-state index is 14.0. The van der Waals surface area contributed by atoms with Crippen LogP contribution in [0.1, 0.15) is 27.7 Å². The number of carbonyl (C=O) groups is 1. The first kappa shape index (κ1) is 18.4. The molecule has 1 aliphatic rings. The molecule has 7 nitrogen and oxygen atoms in total. The largest absolute Gasteiger partial charge is 0.443 e. The SMILES string of the molecule is CN(C(=O)c1ccc2ocnc2c1)C1COCc2[nH]c(=O)c3cc(F)c(F)cc3c21. The molecule has 0 aliphatic carbocycles. The fraction of sp³-hybridized carbons (Fsp3) is 0.190. The van der Waals surface area contributed by atoms with Gasteiger partial charge >= 0.3 is 0 Å². The van der Waals surface area contributed by atoms with E-state index >= 15 is 0 Å². The van der Waals surface area contributed by atoms with E-state index in [1.807, 2.05) is 0 Å². The van der Waals surface area contributed by atoms with Gasteiger partial charge in [-0.2, -0.15) is 0 Å². The molecule has 152 valence electrons. The number of carbonyl (C=O) groups excluding carboxylic acids is 1. The van der Waals surface area contributed by atoms with Gasteiger partial charge in [-0.05, 0) is 35.7 Å². The molecule has 0 bridgehead atoms. The zero-order valence-electron chi connectivity index (χ0n) is 15.7. The first-order valence-corrected chi connectivity index (χ1v) is 9.16. The van der Waals surface area contributed by atoms with Gasteiger partial charge < -0.3 is 19.0 Å². The monoisotopic (exact) mass is 411 g/mol. The molecule has 1 unspecified atom stereocenters. The van der Waals surface area contributed by atoms with E-state index in [1.165, 1.54) is 11.3 Å². The van der Waals surface area contributed by atoms with Crippen molar-refractivity contribution < 1.29 is 22.7 Å². The number of benzene rings is 2. The molecule has 9 heteroatoms. The van der Waals surface area contributed by atoms with E-state index in [2.05, 4.69) is 9.97 Å². The minimum Gasteiger partial charge on any atom is -0.443 e. The summed E-state index contributed by atoms with van der Waals surface area (Å²) in [7, 11) is 1.59. The predicted octanol–water partition coefficient (Wildman–Crippen LogP) is 3.29. The third-order valence-electron chi connectivity index (χ3n) is 5.41. The van der Waals surface area contributed by atoms with Crippen molar-refractivity contribution in [1.82, 2.24) is 14.9 Å². The van der Waals surface area contributed by atoms with Gasteiger partial charge in [-0.25, -0.2) is 13.8 Å². The standard InChI is InChI=1S/C21H15F2N3O4/c1-26(21(28)10-2-3-18-15(4-10)24-9-30-18)17-8-29-7-16-19(17)11-5-13(22)14(23)6-12(11)20(27)25-16/h2-6,9,17H,7-8H2,1H3,(H,25,27). The predicted molar refractivity (Wildman–Crippen MR) is 103 cm³/mol. The number of ether oxygens (including phenoxy) is 1. The summed E-state index contributed by atoms with van der Waals surface area (Å²) in [5.74, 6) is -2.49. The smallest absolute Gasteiger partial charge is 0.256 e. The first-order valence-electron chi connectivity index (χ1n) is 9.16. The van der Waals surface area contributed by atoms with Crippen LogP contribution in [0.25, 0.3) is 21.9 Å². The van der Waals surface area contributed by atoms with Crippen molar-refractivity contribution in [1.29, 1.82) is 0 Å². The average Bonchev–Trinajstić information content (AvgIpc) is 3.21. The number of fused-ring (bicyclic) bond motifs is 4. The third-order valence-corrected chi connectivity index (χ3v) is 5.41.